The number of halogens is 1. The summed E-state index contributed by atoms with van der Waals surface area (Å²) in [5.74, 6) is 0.167. The van der Waals surface area contributed by atoms with Crippen molar-refractivity contribution in [2.45, 2.75) is 20.3 Å². The molecule has 0 saturated carbocycles. The number of H-pyrrole nitrogens is 1. The molecule has 0 spiro atoms. The quantitative estimate of drug-likeness (QED) is 0.579. The third-order valence-electron chi connectivity index (χ3n) is 4.71. The van der Waals surface area contributed by atoms with E-state index >= 15 is 0 Å². The van der Waals surface area contributed by atoms with Crippen LogP contribution in [0.4, 0.5) is 5.69 Å². The fourth-order valence-corrected chi connectivity index (χ4v) is 3.39. The van der Waals surface area contributed by atoms with Crippen molar-refractivity contribution in [1.82, 2.24) is 9.88 Å². The molecule has 0 radical (unpaired) electrons. The molecule has 3 rings (SSSR count). The van der Waals surface area contributed by atoms with Gasteiger partial charge < -0.3 is 19.9 Å². The number of likely N-dealkylation sites (N-methyl/N-ethyl adjacent to an activating group) is 1. The Balaban J connectivity index is 1.59. The number of ether oxygens (including phenoxy) is 1. The van der Waals surface area contributed by atoms with Crippen LogP contribution >= 0.6 is 11.6 Å². The summed E-state index contributed by atoms with van der Waals surface area (Å²) < 4.78 is 5.54. The number of benzene rings is 2. The first kappa shape index (κ1) is 20.7. The number of carbonyl (C=O) groups is 2. The fraction of sp³-hybridized carbons (Fsp3) is 0.273. The summed E-state index contributed by atoms with van der Waals surface area (Å²) in [5, 5.41) is 4.21. The van der Waals surface area contributed by atoms with Gasteiger partial charge >= 0.3 is 0 Å². The molecule has 2 amide bonds. The van der Waals surface area contributed by atoms with Crippen LogP contribution in [-0.4, -0.2) is 41.4 Å². The average Bonchev–Trinajstić information content (AvgIpc) is 3.11. The van der Waals surface area contributed by atoms with Gasteiger partial charge in [-0.15, -0.1) is 0 Å². The molecule has 0 aliphatic heterocycles. The van der Waals surface area contributed by atoms with Crippen LogP contribution in [0.1, 0.15) is 19.4 Å². The molecule has 3 aromatic rings. The Morgan fingerprint density at radius 1 is 1.14 bits per heavy atom. The minimum absolute atomic E-state index is 0.0757. The third kappa shape index (κ3) is 5.09. The molecule has 0 aliphatic carbocycles. The van der Waals surface area contributed by atoms with Crippen molar-refractivity contribution in [3.05, 3.63) is 59.2 Å². The van der Waals surface area contributed by atoms with Gasteiger partial charge in [0, 0.05) is 35.9 Å². The smallest absolute Gasteiger partial charge is 0.260 e. The minimum Gasteiger partial charge on any atom is -0.482 e. The van der Waals surface area contributed by atoms with Crippen molar-refractivity contribution in [3.63, 3.8) is 0 Å². The maximum Gasteiger partial charge on any atom is 0.260 e. The Hall–Kier alpha value is -2.99. The van der Waals surface area contributed by atoms with Crippen LogP contribution < -0.4 is 10.1 Å². The van der Waals surface area contributed by atoms with Gasteiger partial charge in [-0.25, -0.2) is 0 Å². The van der Waals surface area contributed by atoms with Crippen molar-refractivity contribution in [2.24, 2.45) is 0 Å². The van der Waals surface area contributed by atoms with Crippen LogP contribution in [0.2, 0.25) is 5.02 Å². The molecule has 7 heteroatoms. The van der Waals surface area contributed by atoms with Gasteiger partial charge in [0.15, 0.2) is 6.61 Å². The van der Waals surface area contributed by atoms with Gasteiger partial charge in [0.05, 0.1) is 11.4 Å². The second-order valence-electron chi connectivity index (χ2n) is 6.58. The van der Waals surface area contributed by atoms with Crippen molar-refractivity contribution < 1.29 is 14.3 Å². The van der Waals surface area contributed by atoms with E-state index in [1.54, 1.807) is 23.1 Å². The van der Waals surface area contributed by atoms with Gasteiger partial charge in [0.1, 0.15) is 5.75 Å². The van der Waals surface area contributed by atoms with E-state index in [1.165, 1.54) is 0 Å². The Kier molecular flexibility index (Phi) is 6.77. The Labute approximate surface area is 174 Å². The molecular weight excluding hydrogens is 390 g/mol. The lowest BCUT2D eigenvalue weighted by Crippen LogP contribution is -2.34. The predicted molar refractivity (Wildman–Crippen MR) is 116 cm³/mol. The van der Waals surface area contributed by atoms with Crippen LogP contribution in [0.3, 0.4) is 0 Å². The van der Waals surface area contributed by atoms with Crippen molar-refractivity contribution in [3.8, 4) is 5.75 Å². The zero-order valence-corrected chi connectivity index (χ0v) is 17.3. The second-order valence-corrected chi connectivity index (χ2v) is 6.99. The first-order chi connectivity index (χ1) is 14.0. The van der Waals surface area contributed by atoms with E-state index in [0.29, 0.717) is 29.5 Å². The lowest BCUT2D eigenvalue weighted by atomic mass is 10.1. The van der Waals surface area contributed by atoms with Crippen LogP contribution in [0.25, 0.3) is 10.9 Å². The molecular formula is C22H24ClN3O3. The van der Waals surface area contributed by atoms with E-state index in [4.69, 9.17) is 16.3 Å². The Morgan fingerprint density at radius 3 is 2.62 bits per heavy atom. The summed E-state index contributed by atoms with van der Waals surface area (Å²) in [6.45, 7) is 5.03. The number of nitrogens with zero attached hydrogens (tertiary/aromatic N) is 1. The van der Waals surface area contributed by atoms with E-state index in [-0.39, 0.29) is 24.8 Å². The maximum absolute atomic E-state index is 12.4. The summed E-state index contributed by atoms with van der Waals surface area (Å²) in [5.41, 5.74) is 2.50. The number of rotatable bonds is 8. The van der Waals surface area contributed by atoms with E-state index in [2.05, 4.69) is 10.3 Å². The van der Waals surface area contributed by atoms with E-state index in [9.17, 15) is 9.59 Å². The zero-order chi connectivity index (χ0) is 20.8. The van der Waals surface area contributed by atoms with Gasteiger partial charge in [0.2, 0.25) is 5.91 Å². The molecule has 1 aromatic heterocycles. The zero-order valence-electron chi connectivity index (χ0n) is 16.5. The highest BCUT2D eigenvalue weighted by atomic mass is 35.5. The van der Waals surface area contributed by atoms with Gasteiger partial charge in [-0.3, -0.25) is 9.59 Å². The second kappa shape index (κ2) is 9.47. The number of fused-ring (bicyclic) bond motifs is 1. The van der Waals surface area contributed by atoms with Crippen LogP contribution in [0, 0.1) is 0 Å². The van der Waals surface area contributed by atoms with E-state index in [1.807, 2.05) is 44.3 Å². The number of para-hydroxylation sites is 1. The predicted octanol–water partition coefficient (Wildman–Crippen LogP) is 4.25. The number of nitrogens with one attached hydrogen (secondary N) is 2. The van der Waals surface area contributed by atoms with Crippen LogP contribution in [0.15, 0.2) is 48.7 Å². The molecule has 0 aliphatic rings. The summed E-state index contributed by atoms with van der Waals surface area (Å²) in [6.07, 6.45) is 2.10. The highest BCUT2D eigenvalue weighted by Gasteiger charge is 2.13. The number of aromatic amines is 1. The fourth-order valence-electron chi connectivity index (χ4n) is 3.16. The summed E-state index contributed by atoms with van der Waals surface area (Å²) in [6, 6.07) is 12.8. The largest absolute Gasteiger partial charge is 0.482 e. The number of hydrogen-bond donors (Lipinski definition) is 2. The highest BCUT2D eigenvalue weighted by Crippen LogP contribution is 2.28. The normalized spacial score (nSPS) is 10.7. The maximum atomic E-state index is 12.4. The summed E-state index contributed by atoms with van der Waals surface area (Å²) in [7, 11) is 0. The minimum atomic E-state index is -0.142. The molecule has 2 aromatic carbocycles. The first-order valence-corrected chi connectivity index (χ1v) is 9.94. The van der Waals surface area contributed by atoms with Crippen LogP contribution in [0.5, 0.6) is 5.75 Å². The molecule has 6 nitrogen and oxygen atoms in total. The third-order valence-corrected chi connectivity index (χ3v) is 5.00. The van der Waals surface area contributed by atoms with Gasteiger partial charge in [-0.1, -0.05) is 29.8 Å². The monoisotopic (exact) mass is 413 g/mol. The SMILES string of the molecule is CCN(CC)C(=O)COc1ccc(NC(=O)Cc2c[nH]c3ccccc23)cc1Cl. The Morgan fingerprint density at radius 2 is 1.90 bits per heavy atom. The van der Waals surface area contributed by atoms with Crippen molar-refractivity contribution in [2.75, 3.05) is 25.0 Å². The lowest BCUT2D eigenvalue weighted by Gasteiger charge is -2.19. The van der Waals surface area contributed by atoms with Crippen LogP contribution in [-0.2, 0) is 16.0 Å². The molecule has 0 bridgehead atoms. The molecule has 152 valence electrons. The molecule has 29 heavy (non-hydrogen) atoms. The standard InChI is InChI=1S/C22H24ClN3O3/c1-3-26(4-2)22(28)14-29-20-10-9-16(12-18(20)23)25-21(27)11-15-13-24-19-8-6-5-7-17(15)19/h5-10,12-13,24H,3-4,11,14H2,1-2H3,(H,25,27). The Bertz CT molecular complexity index is 1010. The average molecular weight is 414 g/mol. The highest BCUT2D eigenvalue weighted by molar-refractivity contribution is 6.32. The topological polar surface area (TPSA) is 74.4 Å². The molecule has 0 unspecified atom stereocenters. The molecule has 0 atom stereocenters. The van der Waals surface area contributed by atoms with Gasteiger partial charge in [-0.2, -0.15) is 0 Å². The number of anilines is 1. The molecule has 1 heterocycles. The summed E-state index contributed by atoms with van der Waals surface area (Å²) >= 11 is 6.26. The lowest BCUT2D eigenvalue weighted by molar-refractivity contribution is -0.133. The first-order valence-electron chi connectivity index (χ1n) is 9.56. The number of carbonyl (C=O) groups excluding carboxylic acids is 2. The van der Waals surface area contributed by atoms with E-state index in [0.717, 1.165) is 16.5 Å². The molecule has 2 N–H and O–H groups in total. The van der Waals surface area contributed by atoms with Crippen molar-refractivity contribution in [1.29, 1.82) is 0 Å². The number of aromatic nitrogens is 1. The molecule has 0 saturated heterocycles. The van der Waals surface area contributed by atoms with Gasteiger partial charge in [-0.05, 0) is 43.7 Å². The summed E-state index contributed by atoms with van der Waals surface area (Å²) in [4.78, 5) is 29.3. The van der Waals surface area contributed by atoms with Gasteiger partial charge in [0.25, 0.3) is 5.91 Å². The number of hydrogen-bond acceptors (Lipinski definition) is 3. The van der Waals surface area contributed by atoms with Crippen molar-refractivity contribution >= 4 is 40.0 Å². The molecule has 0 fully saturated rings. The van der Waals surface area contributed by atoms with E-state index < -0.39 is 0 Å². The number of amides is 2.